The molecule has 3 rings (SSSR count). The van der Waals surface area contributed by atoms with Gasteiger partial charge in [0.1, 0.15) is 5.82 Å². The zero-order valence-electron chi connectivity index (χ0n) is 13.0. The third-order valence-corrected chi connectivity index (χ3v) is 4.23. The molecule has 0 unspecified atom stereocenters. The number of aryl methyl sites for hydroxylation is 2. The quantitative estimate of drug-likeness (QED) is 0.847. The Morgan fingerprint density at radius 1 is 1.09 bits per heavy atom. The number of hydrogen-bond donors (Lipinski definition) is 2. The van der Waals surface area contributed by atoms with Gasteiger partial charge in [-0.1, -0.05) is 24.4 Å². The van der Waals surface area contributed by atoms with E-state index in [0.717, 1.165) is 27.8 Å². The van der Waals surface area contributed by atoms with E-state index >= 15 is 0 Å². The first-order chi connectivity index (χ1) is 10.6. The number of benzene rings is 1. The molecule has 0 spiro atoms. The molecule has 1 aromatic carbocycles. The summed E-state index contributed by atoms with van der Waals surface area (Å²) in [4.78, 5) is 9.08. The molecule has 0 bridgehead atoms. The van der Waals surface area contributed by atoms with Crippen molar-refractivity contribution in [3.8, 4) is 0 Å². The molecule has 116 valence electrons. The number of halogens is 1. The summed E-state index contributed by atoms with van der Waals surface area (Å²) in [5.74, 6) is 1.51. The predicted octanol–water partition coefficient (Wildman–Crippen LogP) is 4.84. The number of aromatic nitrogens is 2. The molecular weight excluding hydrogens is 296 g/mol. The largest absolute Gasteiger partial charge is 0.351 e. The van der Waals surface area contributed by atoms with E-state index < -0.39 is 0 Å². The first-order valence-electron chi connectivity index (χ1n) is 7.75. The van der Waals surface area contributed by atoms with Gasteiger partial charge >= 0.3 is 0 Å². The Hall–Kier alpha value is -1.81. The Labute approximate surface area is 136 Å². The van der Waals surface area contributed by atoms with Crippen LogP contribution in [0.5, 0.6) is 0 Å². The molecule has 0 atom stereocenters. The summed E-state index contributed by atoms with van der Waals surface area (Å²) < 4.78 is 0. The molecule has 1 heterocycles. The second-order valence-electron chi connectivity index (χ2n) is 5.93. The third kappa shape index (κ3) is 3.69. The van der Waals surface area contributed by atoms with Gasteiger partial charge < -0.3 is 10.6 Å². The van der Waals surface area contributed by atoms with Crippen LogP contribution in [0.3, 0.4) is 0 Å². The van der Waals surface area contributed by atoms with Crippen LogP contribution in [0.1, 0.15) is 36.9 Å². The van der Waals surface area contributed by atoms with Crippen molar-refractivity contribution in [1.29, 1.82) is 0 Å². The Morgan fingerprint density at radius 3 is 2.59 bits per heavy atom. The molecule has 0 amide bonds. The second kappa shape index (κ2) is 6.53. The van der Waals surface area contributed by atoms with Crippen LogP contribution >= 0.6 is 11.6 Å². The van der Waals surface area contributed by atoms with Gasteiger partial charge in [0.25, 0.3) is 0 Å². The number of anilines is 3. The zero-order chi connectivity index (χ0) is 15.5. The van der Waals surface area contributed by atoms with Gasteiger partial charge in [-0.2, -0.15) is 4.98 Å². The molecule has 22 heavy (non-hydrogen) atoms. The fraction of sp³-hybridized carbons (Fsp3) is 0.412. The van der Waals surface area contributed by atoms with Crippen molar-refractivity contribution in [3.63, 3.8) is 0 Å². The van der Waals surface area contributed by atoms with Crippen molar-refractivity contribution in [1.82, 2.24) is 9.97 Å². The number of nitrogens with one attached hydrogen (secondary N) is 2. The summed E-state index contributed by atoms with van der Waals surface area (Å²) in [6.45, 7) is 4.02. The van der Waals surface area contributed by atoms with Crippen LogP contribution in [0.25, 0.3) is 0 Å². The topological polar surface area (TPSA) is 49.8 Å². The van der Waals surface area contributed by atoms with E-state index in [9.17, 15) is 0 Å². The van der Waals surface area contributed by atoms with E-state index in [2.05, 4.69) is 20.6 Å². The molecule has 1 aliphatic rings. The first-order valence-corrected chi connectivity index (χ1v) is 8.13. The van der Waals surface area contributed by atoms with Crippen LogP contribution in [0.4, 0.5) is 17.5 Å². The van der Waals surface area contributed by atoms with Gasteiger partial charge in [0.05, 0.1) is 0 Å². The van der Waals surface area contributed by atoms with Gasteiger partial charge in [0.2, 0.25) is 5.95 Å². The van der Waals surface area contributed by atoms with Gasteiger partial charge in [-0.05, 0) is 50.5 Å². The van der Waals surface area contributed by atoms with E-state index in [-0.39, 0.29) is 0 Å². The summed E-state index contributed by atoms with van der Waals surface area (Å²) >= 11 is 6.00. The molecule has 2 aromatic rings. The van der Waals surface area contributed by atoms with Gasteiger partial charge in [-0.25, -0.2) is 4.98 Å². The average Bonchev–Trinajstić information content (AvgIpc) is 2.94. The van der Waals surface area contributed by atoms with E-state index in [0.29, 0.717) is 12.0 Å². The molecule has 1 aromatic heterocycles. The maximum Gasteiger partial charge on any atom is 0.225 e. The van der Waals surface area contributed by atoms with Gasteiger partial charge in [0, 0.05) is 28.5 Å². The van der Waals surface area contributed by atoms with Crippen LogP contribution in [0, 0.1) is 13.8 Å². The molecule has 0 aliphatic heterocycles. The summed E-state index contributed by atoms with van der Waals surface area (Å²) in [5, 5.41) is 7.55. The highest BCUT2D eigenvalue weighted by atomic mass is 35.5. The molecule has 1 aliphatic carbocycles. The second-order valence-corrected chi connectivity index (χ2v) is 6.36. The Morgan fingerprint density at radius 2 is 1.86 bits per heavy atom. The van der Waals surface area contributed by atoms with Gasteiger partial charge in [-0.15, -0.1) is 0 Å². The molecule has 0 saturated heterocycles. The third-order valence-electron chi connectivity index (χ3n) is 3.99. The fourth-order valence-corrected chi connectivity index (χ4v) is 3.08. The zero-order valence-corrected chi connectivity index (χ0v) is 13.7. The van der Waals surface area contributed by atoms with E-state index in [1.807, 2.05) is 38.1 Å². The molecular formula is C17H21ClN4. The number of hydrogen-bond acceptors (Lipinski definition) is 4. The van der Waals surface area contributed by atoms with Crippen molar-refractivity contribution in [2.24, 2.45) is 0 Å². The van der Waals surface area contributed by atoms with E-state index in [1.165, 1.54) is 25.7 Å². The molecule has 1 saturated carbocycles. The Kier molecular flexibility index (Phi) is 4.48. The lowest BCUT2D eigenvalue weighted by Gasteiger charge is -2.14. The molecule has 2 N–H and O–H groups in total. The smallest absolute Gasteiger partial charge is 0.225 e. The van der Waals surface area contributed by atoms with Crippen molar-refractivity contribution < 1.29 is 0 Å². The molecule has 0 radical (unpaired) electrons. The maximum atomic E-state index is 6.00. The Bertz CT molecular complexity index is 666. The molecule has 1 fully saturated rings. The van der Waals surface area contributed by atoms with Crippen molar-refractivity contribution in [2.75, 3.05) is 10.6 Å². The lowest BCUT2D eigenvalue weighted by atomic mass is 10.2. The van der Waals surface area contributed by atoms with Gasteiger partial charge in [-0.3, -0.25) is 0 Å². The number of nitrogens with zero attached hydrogens (tertiary/aromatic N) is 2. The highest BCUT2D eigenvalue weighted by Gasteiger charge is 2.16. The normalized spacial score (nSPS) is 15.0. The lowest BCUT2D eigenvalue weighted by molar-refractivity contribution is 0.743. The summed E-state index contributed by atoms with van der Waals surface area (Å²) in [7, 11) is 0. The minimum absolute atomic E-state index is 0.506. The highest BCUT2D eigenvalue weighted by Crippen LogP contribution is 2.25. The number of rotatable bonds is 4. The first kappa shape index (κ1) is 15.1. The molecule has 5 heteroatoms. The summed E-state index contributed by atoms with van der Waals surface area (Å²) in [6, 6.07) is 8.25. The van der Waals surface area contributed by atoms with Crippen LogP contribution in [-0.2, 0) is 0 Å². The van der Waals surface area contributed by atoms with Crippen LogP contribution in [0.15, 0.2) is 24.3 Å². The van der Waals surface area contributed by atoms with Crippen LogP contribution in [-0.4, -0.2) is 16.0 Å². The lowest BCUT2D eigenvalue weighted by Crippen LogP contribution is -2.17. The standard InChI is InChI=1S/C17H21ClN4/c1-11-9-13(18)7-8-15(11)21-16-10-12(2)19-17(22-16)20-14-5-3-4-6-14/h7-10,14H,3-6H2,1-2H3,(H2,19,20,21,22). The monoisotopic (exact) mass is 316 g/mol. The maximum absolute atomic E-state index is 6.00. The Balaban J connectivity index is 1.79. The average molecular weight is 317 g/mol. The van der Waals surface area contributed by atoms with Crippen molar-refractivity contribution in [2.45, 2.75) is 45.6 Å². The minimum atomic E-state index is 0.506. The van der Waals surface area contributed by atoms with E-state index in [4.69, 9.17) is 11.6 Å². The van der Waals surface area contributed by atoms with Gasteiger partial charge in [0.15, 0.2) is 0 Å². The summed E-state index contributed by atoms with van der Waals surface area (Å²) in [6.07, 6.45) is 4.99. The predicted molar refractivity (Wildman–Crippen MR) is 92.1 cm³/mol. The fourth-order valence-electron chi connectivity index (χ4n) is 2.86. The highest BCUT2D eigenvalue weighted by molar-refractivity contribution is 6.30. The van der Waals surface area contributed by atoms with Crippen LogP contribution < -0.4 is 10.6 Å². The summed E-state index contributed by atoms with van der Waals surface area (Å²) in [5.41, 5.74) is 3.05. The van der Waals surface area contributed by atoms with E-state index in [1.54, 1.807) is 0 Å². The van der Waals surface area contributed by atoms with Crippen molar-refractivity contribution >= 4 is 29.1 Å². The minimum Gasteiger partial charge on any atom is -0.351 e. The van der Waals surface area contributed by atoms with Crippen LogP contribution in [0.2, 0.25) is 5.02 Å². The SMILES string of the molecule is Cc1cc(Nc2ccc(Cl)cc2C)nc(NC2CCCC2)n1. The molecule has 4 nitrogen and oxygen atoms in total. The van der Waals surface area contributed by atoms with Crippen molar-refractivity contribution in [3.05, 3.63) is 40.5 Å².